The van der Waals surface area contributed by atoms with E-state index in [-0.39, 0.29) is 0 Å². The number of nitrogens with zero attached hydrogens (tertiary/aromatic N) is 7. The summed E-state index contributed by atoms with van der Waals surface area (Å²) < 4.78 is 1.75. The van der Waals surface area contributed by atoms with E-state index in [0.717, 1.165) is 57.9 Å². The van der Waals surface area contributed by atoms with Crippen molar-refractivity contribution in [3.05, 3.63) is 12.4 Å². The molecule has 1 fully saturated rings. The Morgan fingerprint density at radius 3 is 3.00 bits per heavy atom. The van der Waals surface area contributed by atoms with E-state index in [4.69, 9.17) is 5.73 Å². The summed E-state index contributed by atoms with van der Waals surface area (Å²) in [5.41, 5.74) is 6.27. The number of hydrogen-bond acceptors (Lipinski definition) is 7. The average molecular weight is 276 g/mol. The first-order valence-electron chi connectivity index (χ1n) is 7.08. The van der Waals surface area contributed by atoms with Crippen LogP contribution in [-0.4, -0.2) is 69.2 Å². The molecule has 2 N–H and O–H groups in total. The highest BCUT2D eigenvalue weighted by Crippen LogP contribution is 2.15. The van der Waals surface area contributed by atoms with Crippen LogP contribution in [0.3, 0.4) is 0 Å². The lowest BCUT2D eigenvalue weighted by Gasteiger charge is -2.23. The Morgan fingerprint density at radius 2 is 2.10 bits per heavy atom. The number of rotatable bonds is 4. The van der Waals surface area contributed by atoms with Crippen LogP contribution in [0.2, 0.25) is 0 Å². The molecule has 1 saturated heterocycles. The smallest absolute Gasteiger partial charge is 0.199 e. The Hall–Kier alpha value is -1.80. The normalized spacial score (nSPS) is 17.6. The molecule has 0 atom stereocenters. The molecule has 3 heterocycles. The van der Waals surface area contributed by atoms with Gasteiger partial charge in [0, 0.05) is 19.6 Å². The minimum atomic E-state index is 0.687. The van der Waals surface area contributed by atoms with E-state index in [0.29, 0.717) is 5.65 Å². The first-order valence-corrected chi connectivity index (χ1v) is 7.08. The molecule has 1 aliphatic rings. The quantitative estimate of drug-likeness (QED) is 0.796. The zero-order valence-electron chi connectivity index (χ0n) is 11.5. The van der Waals surface area contributed by atoms with Gasteiger partial charge < -0.3 is 15.5 Å². The van der Waals surface area contributed by atoms with Crippen molar-refractivity contribution in [3.8, 4) is 0 Å². The SMILES string of the molecule is NCCCN1CCCN(c2cncc3nnnn23)CC1. The zero-order chi connectivity index (χ0) is 13.8. The van der Waals surface area contributed by atoms with E-state index >= 15 is 0 Å². The maximum absolute atomic E-state index is 5.58. The van der Waals surface area contributed by atoms with Gasteiger partial charge in [0.25, 0.3) is 0 Å². The van der Waals surface area contributed by atoms with Crippen molar-refractivity contribution in [1.82, 2.24) is 29.9 Å². The topological polar surface area (TPSA) is 88.5 Å². The second-order valence-electron chi connectivity index (χ2n) is 5.04. The lowest BCUT2D eigenvalue weighted by molar-refractivity contribution is 0.291. The fourth-order valence-corrected chi connectivity index (χ4v) is 2.62. The van der Waals surface area contributed by atoms with E-state index in [2.05, 4.69) is 30.3 Å². The van der Waals surface area contributed by atoms with Crippen LogP contribution in [0.25, 0.3) is 5.65 Å². The molecule has 2 aromatic heterocycles. The number of hydrogen-bond donors (Lipinski definition) is 1. The highest BCUT2D eigenvalue weighted by atomic mass is 15.5. The van der Waals surface area contributed by atoms with E-state index < -0.39 is 0 Å². The Labute approximate surface area is 117 Å². The van der Waals surface area contributed by atoms with E-state index in [1.165, 1.54) is 0 Å². The molecule has 0 saturated carbocycles. The highest BCUT2D eigenvalue weighted by molar-refractivity contribution is 5.46. The summed E-state index contributed by atoms with van der Waals surface area (Å²) in [5, 5.41) is 11.7. The molecule has 2 aromatic rings. The van der Waals surface area contributed by atoms with Crippen molar-refractivity contribution in [2.75, 3.05) is 44.2 Å². The third kappa shape index (κ3) is 2.70. The molecule has 0 bridgehead atoms. The molecular formula is C12H20N8. The molecular weight excluding hydrogens is 256 g/mol. The van der Waals surface area contributed by atoms with Crippen LogP contribution in [0.5, 0.6) is 0 Å². The van der Waals surface area contributed by atoms with Gasteiger partial charge >= 0.3 is 0 Å². The summed E-state index contributed by atoms with van der Waals surface area (Å²) in [6.45, 7) is 5.96. The molecule has 0 amide bonds. The first kappa shape index (κ1) is 13.2. The number of aromatic nitrogens is 5. The van der Waals surface area contributed by atoms with Crippen LogP contribution >= 0.6 is 0 Å². The first-order chi connectivity index (χ1) is 9.88. The fraction of sp³-hybridized carbons (Fsp3) is 0.667. The van der Waals surface area contributed by atoms with Gasteiger partial charge in [-0.05, 0) is 42.9 Å². The lowest BCUT2D eigenvalue weighted by atomic mass is 10.3. The monoisotopic (exact) mass is 276 g/mol. The van der Waals surface area contributed by atoms with Crippen molar-refractivity contribution in [2.45, 2.75) is 12.8 Å². The molecule has 20 heavy (non-hydrogen) atoms. The number of anilines is 1. The lowest BCUT2D eigenvalue weighted by Crippen LogP contribution is -2.33. The summed E-state index contributed by atoms with van der Waals surface area (Å²) in [7, 11) is 0. The Morgan fingerprint density at radius 1 is 1.15 bits per heavy atom. The van der Waals surface area contributed by atoms with Crippen molar-refractivity contribution >= 4 is 11.5 Å². The van der Waals surface area contributed by atoms with Gasteiger partial charge in [-0.2, -0.15) is 4.52 Å². The van der Waals surface area contributed by atoms with Gasteiger partial charge in [0.15, 0.2) is 11.5 Å². The minimum Gasteiger partial charge on any atom is -0.354 e. The molecule has 0 aliphatic carbocycles. The van der Waals surface area contributed by atoms with E-state index in [1.807, 2.05) is 6.20 Å². The van der Waals surface area contributed by atoms with Gasteiger partial charge in [0.2, 0.25) is 0 Å². The predicted octanol–water partition coefficient (Wildman–Crippen LogP) is -0.620. The van der Waals surface area contributed by atoms with Crippen molar-refractivity contribution in [2.24, 2.45) is 5.73 Å². The molecule has 0 unspecified atom stereocenters. The molecule has 1 aliphatic heterocycles. The maximum Gasteiger partial charge on any atom is 0.199 e. The molecule has 3 rings (SSSR count). The summed E-state index contributed by atoms with van der Waals surface area (Å²) in [6.07, 6.45) is 5.70. The summed E-state index contributed by atoms with van der Waals surface area (Å²) in [5.74, 6) is 0.966. The minimum absolute atomic E-state index is 0.687. The molecule has 0 radical (unpaired) electrons. The van der Waals surface area contributed by atoms with Crippen LogP contribution < -0.4 is 10.6 Å². The Kier molecular flexibility index (Phi) is 4.03. The Bertz CT molecular complexity index is 553. The largest absolute Gasteiger partial charge is 0.354 e. The molecule has 8 nitrogen and oxygen atoms in total. The Balaban J connectivity index is 1.73. The zero-order valence-corrected chi connectivity index (χ0v) is 11.5. The average Bonchev–Trinajstić information content (AvgIpc) is 2.83. The summed E-state index contributed by atoms with van der Waals surface area (Å²) >= 11 is 0. The van der Waals surface area contributed by atoms with Gasteiger partial charge in [-0.1, -0.05) is 0 Å². The van der Waals surface area contributed by atoms with Gasteiger partial charge in [-0.25, -0.2) is 0 Å². The van der Waals surface area contributed by atoms with E-state index in [1.54, 1.807) is 10.7 Å². The predicted molar refractivity (Wildman–Crippen MR) is 75.5 cm³/mol. The van der Waals surface area contributed by atoms with Crippen LogP contribution in [0.15, 0.2) is 12.4 Å². The second-order valence-corrected chi connectivity index (χ2v) is 5.04. The third-order valence-corrected chi connectivity index (χ3v) is 3.68. The maximum atomic E-state index is 5.58. The molecule has 0 spiro atoms. The van der Waals surface area contributed by atoms with E-state index in [9.17, 15) is 0 Å². The number of tetrazole rings is 1. The third-order valence-electron chi connectivity index (χ3n) is 3.68. The van der Waals surface area contributed by atoms with Gasteiger partial charge in [-0.3, -0.25) is 4.98 Å². The van der Waals surface area contributed by atoms with Crippen LogP contribution in [0.1, 0.15) is 12.8 Å². The molecule has 108 valence electrons. The van der Waals surface area contributed by atoms with Crippen LogP contribution in [0.4, 0.5) is 5.82 Å². The standard InChI is InChI=1S/C12H20N8/c13-3-1-4-18-5-2-6-19(8-7-18)12-10-14-9-11-15-16-17-20(11)12/h9-10H,1-8,13H2. The molecule has 8 heteroatoms. The van der Waals surface area contributed by atoms with Gasteiger partial charge in [0.05, 0.1) is 12.4 Å². The summed E-state index contributed by atoms with van der Waals surface area (Å²) in [4.78, 5) is 9.00. The van der Waals surface area contributed by atoms with Crippen molar-refractivity contribution in [1.29, 1.82) is 0 Å². The van der Waals surface area contributed by atoms with Crippen molar-refractivity contribution < 1.29 is 0 Å². The van der Waals surface area contributed by atoms with Crippen LogP contribution in [-0.2, 0) is 0 Å². The second kappa shape index (κ2) is 6.10. The van der Waals surface area contributed by atoms with Crippen molar-refractivity contribution in [3.63, 3.8) is 0 Å². The fourth-order valence-electron chi connectivity index (χ4n) is 2.62. The van der Waals surface area contributed by atoms with Gasteiger partial charge in [-0.15, -0.1) is 5.10 Å². The summed E-state index contributed by atoms with van der Waals surface area (Å²) in [6, 6.07) is 0. The van der Waals surface area contributed by atoms with Gasteiger partial charge in [0.1, 0.15) is 0 Å². The highest BCUT2D eigenvalue weighted by Gasteiger charge is 2.17. The number of fused-ring (bicyclic) bond motifs is 1. The van der Waals surface area contributed by atoms with Crippen LogP contribution in [0, 0.1) is 0 Å². The molecule has 0 aromatic carbocycles. The number of nitrogens with two attached hydrogens (primary N) is 1.